The molecular formula is C17H24N6. The van der Waals surface area contributed by atoms with E-state index in [2.05, 4.69) is 62.7 Å². The lowest BCUT2D eigenvalue weighted by molar-refractivity contribution is 0.315. The topological polar surface area (TPSA) is 56.3 Å². The highest BCUT2D eigenvalue weighted by molar-refractivity contribution is 5.63. The summed E-state index contributed by atoms with van der Waals surface area (Å²) in [6, 6.07) is 10.9. The Kier molecular flexibility index (Phi) is 4.62. The molecule has 1 aromatic heterocycles. The van der Waals surface area contributed by atoms with Crippen molar-refractivity contribution < 1.29 is 0 Å². The largest absolute Gasteiger partial charge is 0.373 e. The molecule has 3 rings (SSSR count). The Hall–Kier alpha value is -2.34. The Labute approximate surface area is 137 Å². The van der Waals surface area contributed by atoms with Gasteiger partial charge < -0.3 is 20.4 Å². The molecule has 6 heteroatoms. The molecule has 2 heterocycles. The van der Waals surface area contributed by atoms with Gasteiger partial charge in [-0.3, -0.25) is 0 Å². The second-order valence-electron chi connectivity index (χ2n) is 6.04. The lowest BCUT2D eigenvalue weighted by Gasteiger charge is -2.22. The molecule has 2 aromatic rings. The van der Waals surface area contributed by atoms with Gasteiger partial charge in [0.2, 0.25) is 5.95 Å². The normalized spacial score (nSPS) is 17.6. The van der Waals surface area contributed by atoms with Gasteiger partial charge in [0.1, 0.15) is 5.82 Å². The molecule has 6 nitrogen and oxygen atoms in total. The number of hydrogen-bond acceptors (Lipinski definition) is 6. The number of anilines is 4. The molecule has 1 atom stereocenters. The van der Waals surface area contributed by atoms with E-state index in [1.165, 1.54) is 12.1 Å². The number of likely N-dealkylation sites (N-methyl/N-ethyl adjacent to an activating group) is 1. The highest BCUT2D eigenvalue weighted by Crippen LogP contribution is 2.26. The van der Waals surface area contributed by atoms with Crippen LogP contribution in [-0.4, -0.2) is 55.1 Å². The number of nitrogens with zero attached hydrogens (tertiary/aromatic N) is 4. The fourth-order valence-corrected chi connectivity index (χ4v) is 2.87. The molecule has 1 fully saturated rings. The van der Waals surface area contributed by atoms with Crippen molar-refractivity contribution in [3.8, 4) is 0 Å². The van der Waals surface area contributed by atoms with Crippen molar-refractivity contribution in [3.05, 3.63) is 36.5 Å². The zero-order chi connectivity index (χ0) is 16.2. The van der Waals surface area contributed by atoms with Gasteiger partial charge in [-0.05, 0) is 44.8 Å². The number of benzene rings is 1. The lowest BCUT2D eigenvalue weighted by Crippen LogP contribution is -2.31. The van der Waals surface area contributed by atoms with Crippen LogP contribution in [0.1, 0.15) is 6.42 Å². The molecule has 0 aliphatic carbocycles. The molecule has 0 saturated carbocycles. The summed E-state index contributed by atoms with van der Waals surface area (Å²) in [5, 5.41) is 6.30. The first-order chi connectivity index (χ1) is 11.2. The Bertz CT molecular complexity index is 657. The quantitative estimate of drug-likeness (QED) is 0.884. The van der Waals surface area contributed by atoms with Gasteiger partial charge in [0.25, 0.3) is 0 Å². The summed E-state index contributed by atoms with van der Waals surface area (Å²) in [6.07, 6.45) is 2.95. The van der Waals surface area contributed by atoms with E-state index in [-0.39, 0.29) is 0 Å². The zero-order valence-electron chi connectivity index (χ0n) is 14.0. The number of rotatable bonds is 5. The van der Waals surface area contributed by atoms with Crippen LogP contribution in [0.25, 0.3) is 0 Å². The van der Waals surface area contributed by atoms with Crippen LogP contribution in [-0.2, 0) is 0 Å². The van der Waals surface area contributed by atoms with Crippen molar-refractivity contribution >= 4 is 23.1 Å². The van der Waals surface area contributed by atoms with E-state index in [1.54, 1.807) is 6.20 Å². The van der Waals surface area contributed by atoms with Crippen molar-refractivity contribution in [2.75, 3.05) is 49.8 Å². The number of nitrogens with one attached hydrogen (secondary N) is 2. The fourth-order valence-electron chi connectivity index (χ4n) is 2.87. The Balaban J connectivity index is 1.72. The molecule has 0 spiro atoms. The van der Waals surface area contributed by atoms with Gasteiger partial charge in [0, 0.05) is 43.8 Å². The van der Waals surface area contributed by atoms with Crippen LogP contribution in [0.5, 0.6) is 0 Å². The third-order valence-corrected chi connectivity index (χ3v) is 4.27. The maximum absolute atomic E-state index is 4.40. The van der Waals surface area contributed by atoms with Gasteiger partial charge in [-0.2, -0.15) is 4.98 Å². The van der Waals surface area contributed by atoms with Crippen LogP contribution >= 0.6 is 0 Å². The second-order valence-corrected chi connectivity index (χ2v) is 6.04. The van der Waals surface area contributed by atoms with Gasteiger partial charge in [0.05, 0.1) is 0 Å². The van der Waals surface area contributed by atoms with Gasteiger partial charge in [-0.15, -0.1) is 0 Å². The van der Waals surface area contributed by atoms with Crippen molar-refractivity contribution in [2.45, 2.75) is 12.5 Å². The van der Waals surface area contributed by atoms with Crippen molar-refractivity contribution in [1.29, 1.82) is 0 Å². The summed E-state index contributed by atoms with van der Waals surface area (Å²) < 4.78 is 0. The Morgan fingerprint density at radius 3 is 2.87 bits per heavy atom. The first-order valence-electron chi connectivity index (χ1n) is 7.95. The molecule has 1 unspecified atom stereocenters. The third kappa shape index (κ3) is 3.71. The summed E-state index contributed by atoms with van der Waals surface area (Å²) in [5.74, 6) is 1.40. The smallest absolute Gasteiger partial charge is 0.229 e. The van der Waals surface area contributed by atoms with Crippen LogP contribution in [0, 0.1) is 0 Å². The summed E-state index contributed by atoms with van der Waals surface area (Å²) in [4.78, 5) is 13.4. The van der Waals surface area contributed by atoms with E-state index in [0.717, 1.165) is 24.6 Å². The number of aromatic nitrogens is 2. The van der Waals surface area contributed by atoms with Crippen LogP contribution in [0.4, 0.5) is 23.1 Å². The monoisotopic (exact) mass is 312 g/mol. The first-order valence-corrected chi connectivity index (χ1v) is 7.95. The minimum absolute atomic E-state index is 0.599. The second kappa shape index (κ2) is 6.83. The van der Waals surface area contributed by atoms with E-state index in [9.17, 15) is 0 Å². The molecule has 1 aliphatic heterocycles. The molecule has 23 heavy (non-hydrogen) atoms. The minimum Gasteiger partial charge on any atom is -0.373 e. The molecule has 122 valence electrons. The standard InChI is InChI=1S/C17H24N6/c1-18-16-7-9-19-17(21-16)20-13-5-4-6-14(11-13)23-10-8-15(12-23)22(2)3/h4-7,9,11,15H,8,10,12H2,1-3H3,(H2,18,19,20,21). The first kappa shape index (κ1) is 15.6. The van der Waals surface area contributed by atoms with E-state index < -0.39 is 0 Å². The van der Waals surface area contributed by atoms with Crippen molar-refractivity contribution in [3.63, 3.8) is 0 Å². The van der Waals surface area contributed by atoms with E-state index in [1.807, 2.05) is 19.2 Å². The SMILES string of the molecule is CNc1ccnc(Nc2cccc(N3CCC(N(C)C)C3)c2)n1. The van der Waals surface area contributed by atoms with Gasteiger partial charge in [0.15, 0.2) is 0 Å². The van der Waals surface area contributed by atoms with E-state index >= 15 is 0 Å². The summed E-state index contributed by atoms with van der Waals surface area (Å²) in [5.41, 5.74) is 2.24. The molecule has 0 bridgehead atoms. The Morgan fingerprint density at radius 2 is 2.13 bits per heavy atom. The average molecular weight is 312 g/mol. The maximum Gasteiger partial charge on any atom is 0.229 e. The highest BCUT2D eigenvalue weighted by atomic mass is 15.2. The molecule has 0 amide bonds. The minimum atomic E-state index is 0.599. The molecular weight excluding hydrogens is 288 g/mol. The van der Waals surface area contributed by atoms with E-state index in [4.69, 9.17) is 0 Å². The predicted octanol–water partition coefficient (Wildman–Crippen LogP) is 2.40. The zero-order valence-corrected chi connectivity index (χ0v) is 14.0. The average Bonchev–Trinajstić information content (AvgIpc) is 3.06. The van der Waals surface area contributed by atoms with Gasteiger partial charge in [-0.1, -0.05) is 6.07 Å². The predicted molar refractivity (Wildman–Crippen MR) is 95.6 cm³/mol. The highest BCUT2D eigenvalue weighted by Gasteiger charge is 2.24. The maximum atomic E-state index is 4.40. The van der Waals surface area contributed by atoms with E-state index in [0.29, 0.717) is 12.0 Å². The van der Waals surface area contributed by atoms with Crippen molar-refractivity contribution in [1.82, 2.24) is 14.9 Å². The Morgan fingerprint density at radius 1 is 1.26 bits per heavy atom. The van der Waals surface area contributed by atoms with Crippen LogP contribution in [0.2, 0.25) is 0 Å². The molecule has 1 aromatic carbocycles. The van der Waals surface area contributed by atoms with Crippen LogP contribution in [0.3, 0.4) is 0 Å². The van der Waals surface area contributed by atoms with Crippen molar-refractivity contribution in [2.24, 2.45) is 0 Å². The third-order valence-electron chi connectivity index (χ3n) is 4.27. The summed E-state index contributed by atoms with van der Waals surface area (Å²) in [6.45, 7) is 2.17. The molecule has 2 N–H and O–H groups in total. The van der Waals surface area contributed by atoms with Gasteiger partial charge in [-0.25, -0.2) is 4.98 Å². The van der Waals surface area contributed by atoms with Crippen LogP contribution < -0.4 is 15.5 Å². The van der Waals surface area contributed by atoms with Crippen LogP contribution in [0.15, 0.2) is 36.5 Å². The molecule has 0 radical (unpaired) electrons. The fraction of sp³-hybridized carbons (Fsp3) is 0.412. The summed E-state index contributed by atoms with van der Waals surface area (Å²) in [7, 11) is 6.15. The number of hydrogen-bond donors (Lipinski definition) is 2. The molecule has 1 aliphatic rings. The molecule has 1 saturated heterocycles. The lowest BCUT2D eigenvalue weighted by atomic mass is 10.2. The summed E-state index contributed by atoms with van der Waals surface area (Å²) >= 11 is 0. The van der Waals surface area contributed by atoms with Gasteiger partial charge >= 0.3 is 0 Å².